The van der Waals surface area contributed by atoms with Crippen LogP contribution in [0, 0.1) is 23.7 Å². The van der Waals surface area contributed by atoms with Crippen LogP contribution in [0.3, 0.4) is 0 Å². The highest BCUT2D eigenvalue weighted by Crippen LogP contribution is 2.28. The normalized spacial score (nSPS) is 11.0. The van der Waals surface area contributed by atoms with E-state index in [-0.39, 0.29) is 0 Å². The molecule has 0 heteroatoms. The lowest BCUT2D eigenvalue weighted by molar-refractivity contribution is 0.579. The molecule has 4 rings (SSSR count). The molecule has 4 aromatic carbocycles. The quantitative estimate of drug-likeness (QED) is 0.0731. The van der Waals surface area contributed by atoms with Crippen molar-refractivity contribution in [1.82, 2.24) is 0 Å². The summed E-state index contributed by atoms with van der Waals surface area (Å²) in [6, 6.07) is 22.6. The van der Waals surface area contributed by atoms with Crippen molar-refractivity contribution in [3.05, 3.63) is 71.8 Å². The summed E-state index contributed by atoms with van der Waals surface area (Å²) in [5.74, 6) is 13.7. The Bertz CT molecular complexity index is 1400. The van der Waals surface area contributed by atoms with Gasteiger partial charge in [0.15, 0.2) is 0 Å². The fourth-order valence-electron chi connectivity index (χ4n) is 5.93. The molecule has 0 aliphatic heterocycles. The van der Waals surface area contributed by atoms with Crippen LogP contribution in [0.15, 0.2) is 60.7 Å². The number of hydrogen-bond acceptors (Lipinski definition) is 0. The largest absolute Gasteiger partial charge is 0.0979 e. The Morgan fingerprint density at radius 3 is 1.10 bits per heavy atom. The number of benzene rings is 4. The maximum atomic E-state index is 3.42. The van der Waals surface area contributed by atoms with Crippen molar-refractivity contribution in [3.63, 3.8) is 0 Å². The van der Waals surface area contributed by atoms with Crippen molar-refractivity contribution < 1.29 is 0 Å². The lowest BCUT2D eigenvalue weighted by atomic mass is 9.98. The minimum absolute atomic E-state index is 1.00. The van der Waals surface area contributed by atoms with Gasteiger partial charge in [-0.05, 0) is 93.7 Å². The smallest absolute Gasteiger partial charge is 0.0251 e. The SMILES string of the molecule is CCCCCCCCCCC#Cc1ccc2cc3cc4cc(C#CCCCCCCCCCC)ccc4cc3cc2c1. The Morgan fingerprint density at radius 1 is 0.357 bits per heavy atom. The minimum Gasteiger partial charge on any atom is -0.0979 e. The molecular weight excluding hydrogens is 504 g/mol. The van der Waals surface area contributed by atoms with Gasteiger partial charge < -0.3 is 0 Å². The zero-order valence-electron chi connectivity index (χ0n) is 26.5. The van der Waals surface area contributed by atoms with E-state index in [9.17, 15) is 0 Å². The van der Waals surface area contributed by atoms with Gasteiger partial charge in [-0.3, -0.25) is 0 Å². The first-order valence-corrected chi connectivity index (χ1v) is 17.2. The number of unbranched alkanes of at least 4 members (excludes halogenated alkanes) is 16. The molecule has 0 aliphatic rings. The summed E-state index contributed by atoms with van der Waals surface area (Å²) in [5, 5.41) is 7.65. The monoisotopic (exact) mass is 556 g/mol. The molecule has 0 bridgehead atoms. The Hall–Kier alpha value is -3.22. The summed E-state index contributed by atoms with van der Waals surface area (Å²) in [6.07, 6.45) is 23.6. The predicted octanol–water partition coefficient (Wildman–Crippen LogP) is 12.9. The van der Waals surface area contributed by atoms with E-state index in [0.29, 0.717) is 0 Å². The van der Waals surface area contributed by atoms with Crippen molar-refractivity contribution in [1.29, 1.82) is 0 Å². The van der Waals surface area contributed by atoms with Crippen LogP contribution in [-0.4, -0.2) is 0 Å². The summed E-state index contributed by atoms with van der Waals surface area (Å²) in [7, 11) is 0. The summed E-state index contributed by atoms with van der Waals surface area (Å²) >= 11 is 0. The fraction of sp³-hybridized carbons (Fsp3) is 0.476. The van der Waals surface area contributed by atoms with E-state index in [1.165, 1.54) is 135 Å². The highest BCUT2D eigenvalue weighted by atomic mass is 14.1. The summed E-state index contributed by atoms with van der Waals surface area (Å²) in [5.41, 5.74) is 2.25. The molecule has 0 heterocycles. The molecule has 0 nitrogen and oxygen atoms in total. The Labute approximate surface area is 256 Å². The van der Waals surface area contributed by atoms with E-state index in [0.717, 1.165) is 24.0 Å². The molecule has 220 valence electrons. The predicted molar refractivity (Wildman–Crippen MR) is 187 cm³/mol. The molecule has 0 saturated heterocycles. The fourth-order valence-corrected chi connectivity index (χ4v) is 5.93. The van der Waals surface area contributed by atoms with Gasteiger partial charge in [0.2, 0.25) is 0 Å². The van der Waals surface area contributed by atoms with Crippen molar-refractivity contribution in [3.8, 4) is 23.7 Å². The first-order valence-electron chi connectivity index (χ1n) is 17.2. The maximum Gasteiger partial charge on any atom is 0.0251 e. The molecule has 0 saturated carbocycles. The first kappa shape index (κ1) is 31.7. The standard InChI is InChI=1S/C42H52/c1-3-5-7-9-11-13-15-17-19-21-23-35-25-27-37-31-42-34-40-30-36(24-22-20-18-16-14-12-10-8-6-4-2)26-28-38(40)32-41(42)33-39(37)29-35/h25-34H,3-20H2,1-2H3. The Balaban J connectivity index is 1.31. The van der Waals surface area contributed by atoms with E-state index >= 15 is 0 Å². The molecule has 0 atom stereocenters. The van der Waals surface area contributed by atoms with Gasteiger partial charge in [0, 0.05) is 24.0 Å². The first-order chi connectivity index (χ1) is 20.8. The van der Waals surface area contributed by atoms with E-state index in [1.807, 2.05) is 0 Å². The Kier molecular flexibility index (Phi) is 13.9. The zero-order valence-corrected chi connectivity index (χ0v) is 26.5. The highest BCUT2D eigenvalue weighted by molar-refractivity contribution is 6.05. The third kappa shape index (κ3) is 10.6. The van der Waals surface area contributed by atoms with Crippen molar-refractivity contribution in [2.45, 2.75) is 129 Å². The minimum atomic E-state index is 1.00. The maximum absolute atomic E-state index is 3.42. The summed E-state index contributed by atoms with van der Waals surface area (Å²) in [4.78, 5) is 0. The molecule has 0 spiro atoms. The van der Waals surface area contributed by atoms with Crippen LogP contribution in [0.1, 0.15) is 141 Å². The van der Waals surface area contributed by atoms with Crippen LogP contribution < -0.4 is 0 Å². The molecule has 0 aliphatic carbocycles. The van der Waals surface area contributed by atoms with Gasteiger partial charge in [0.05, 0.1) is 0 Å². The average Bonchev–Trinajstić information content (AvgIpc) is 3.00. The summed E-state index contributed by atoms with van der Waals surface area (Å²) in [6.45, 7) is 4.56. The van der Waals surface area contributed by atoms with Crippen molar-refractivity contribution in [2.24, 2.45) is 0 Å². The van der Waals surface area contributed by atoms with Crippen LogP contribution in [0.2, 0.25) is 0 Å². The number of hydrogen-bond donors (Lipinski definition) is 0. The van der Waals surface area contributed by atoms with Gasteiger partial charge in [-0.15, -0.1) is 0 Å². The highest BCUT2D eigenvalue weighted by Gasteiger charge is 2.03. The van der Waals surface area contributed by atoms with E-state index < -0.39 is 0 Å². The number of rotatable bonds is 16. The molecule has 0 unspecified atom stereocenters. The molecule has 0 radical (unpaired) electrons. The van der Waals surface area contributed by atoms with E-state index in [1.54, 1.807) is 0 Å². The molecule has 0 aromatic heterocycles. The van der Waals surface area contributed by atoms with Crippen LogP contribution in [-0.2, 0) is 0 Å². The van der Waals surface area contributed by atoms with Gasteiger partial charge in [0.25, 0.3) is 0 Å². The number of fused-ring (bicyclic) bond motifs is 3. The molecular formula is C42H52. The second-order valence-corrected chi connectivity index (χ2v) is 12.2. The van der Waals surface area contributed by atoms with Crippen LogP contribution >= 0.6 is 0 Å². The van der Waals surface area contributed by atoms with Gasteiger partial charge in [0.1, 0.15) is 0 Å². The van der Waals surface area contributed by atoms with Crippen molar-refractivity contribution in [2.75, 3.05) is 0 Å². The van der Waals surface area contributed by atoms with Crippen LogP contribution in [0.25, 0.3) is 32.3 Å². The topological polar surface area (TPSA) is 0 Å². The Morgan fingerprint density at radius 2 is 0.690 bits per heavy atom. The van der Waals surface area contributed by atoms with Gasteiger partial charge in [-0.2, -0.15) is 0 Å². The zero-order chi connectivity index (χ0) is 29.2. The van der Waals surface area contributed by atoms with E-state index in [2.05, 4.69) is 98.2 Å². The van der Waals surface area contributed by atoms with Crippen molar-refractivity contribution >= 4 is 32.3 Å². The van der Waals surface area contributed by atoms with E-state index in [4.69, 9.17) is 0 Å². The molecule has 0 amide bonds. The third-order valence-electron chi connectivity index (χ3n) is 8.53. The second-order valence-electron chi connectivity index (χ2n) is 12.2. The van der Waals surface area contributed by atoms with Gasteiger partial charge in [-0.25, -0.2) is 0 Å². The molecule has 42 heavy (non-hydrogen) atoms. The van der Waals surface area contributed by atoms with Gasteiger partial charge in [-0.1, -0.05) is 140 Å². The average molecular weight is 557 g/mol. The lowest BCUT2D eigenvalue weighted by Gasteiger charge is -2.06. The lowest BCUT2D eigenvalue weighted by Crippen LogP contribution is -1.83. The summed E-state index contributed by atoms with van der Waals surface area (Å²) < 4.78 is 0. The molecule has 0 fully saturated rings. The second kappa shape index (κ2) is 18.3. The van der Waals surface area contributed by atoms with Crippen LogP contribution in [0.5, 0.6) is 0 Å². The molecule has 0 N–H and O–H groups in total. The van der Waals surface area contributed by atoms with Crippen LogP contribution in [0.4, 0.5) is 0 Å². The van der Waals surface area contributed by atoms with Gasteiger partial charge >= 0.3 is 0 Å². The third-order valence-corrected chi connectivity index (χ3v) is 8.53. The molecule has 4 aromatic rings.